The van der Waals surface area contributed by atoms with E-state index in [9.17, 15) is 9.18 Å². The first-order valence-corrected chi connectivity index (χ1v) is 6.14. The van der Waals surface area contributed by atoms with Gasteiger partial charge in [0.1, 0.15) is 5.82 Å². The van der Waals surface area contributed by atoms with Gasteiger partial charge in [0.15, 0.2) is 0 Å². The molecule has 0 aliphatic heterocycles. The van der Waals surface area contributed by atoms with E-state index in [1.165, 1.54) is 18.5 Å². The Morgan fingerprint density at radius 2 is 2.16 bits per heavy atom. The average Bonchev–Trinajstić information content (AvgIpc) is 2.41. The molecule has 0 aliphatic carbocycles. The number of carbonyl (C=O) groups excluding carboxylic acids is 1. The summed E-state index contributed by atoms with van der Waals surface area (Å²) >= 11 is 3.21. The van der Waals surface area contributed by atoms with Crippen molar-refractivity contribution in [3.05, 3.63) is 64.1 Å². The lowest BCUT2D eigenvalue weighted by molar-refractivity contribution is 0.0954. The summed E-state index contributed by atoms with van der Waals surface area (Å²) < 4.78 is 14.0. The second-order valence-electron chi connectivity index (χ2n) is 3.61. The van der Waals surface area contributed by atoms with Crippen LogP contribution in [0, 0.1) is 5.82 Å². The van der Waals surface area contributed by atoms with Gasteiger partial charge < -0.3 is 0 Å². The Bertz CT molecular complexity index is 631. The molecule has 6 heteroatoms. The van der Waals surface area contributed by atoms with Crippen molar-refractivity contribution in [3.8, 4) is 0 Å². The summed E-state index contributed by atoms with van der Waals surface area (Å²) in [5.41, 5.74) is 2.97. The minimum atomic E-state index is -0.415. The maximum absolute atomic E-state index is 13.3. The van der Waals surface area contributed by atoms with E-state index in [1.54, 1.807) is 30.5 Å². The zero-order chi connectivity index (χ0) is 13.7. The van der Waals surface area contributed by atoms with Gasteiger partial charge in [0.25, 0.3) is 5.91 Å². The first-order chi connectivity index (χ1) is 9.16. The zero-order valence-electron chi connectivity index (χ0n) is 9.68. The molecular weight excluding hydrogens is 313 g/mol. The molecule has 0 aliphatic rings. The highest BCUT2D eigenvalue weighted by Crippen LogP contribution is 2.09. The molecule has 0 unspecified atom stereocenters. The number of aromatic nitrogens is 1. The van der Waals surface area contributed by atoms with Crippen LogP contribution in [0.2, 0.25) is 0 Å². The maximum atomic E-state index is 13.3. The predicted molar refractivity (Wildman–Crippen MR) is 73.4 cm³/mol. The van der Waals surface area contributed by atoms with Crippen molar-refractivity contribution in [1.82, 2.24) is 10.4 Å². The van der Waals surface area contributed by atoms with E-state index >= 15 is 0 Å². The van der Waals surface area contributed by atoms with Crippen LogP contribution in [0.25, 0.3) is 0 Å². The van der Waals surface area contributed by atoms with Crippen LogP contribution >= 0.6 is 15.9 Å². The van der Waals surface area contributed by atoms with Gasteiger partial charge in [-0.1, -0.05) is 18.2 Å². The largest absolute Gasteiger partial charge is 0.272 e. The number of pyridine rings is 1. The fourth-order valence-corrected chi connectivity index (χ4v) is 1.71. The van der Waals surface area contributed by atoms with Crippen molar-refractivity contribution in [2.24, 2.45) is 5.10 Å². The summed E-state index contributed by atoms with van der Waals surface area (Å²) in [6.45, 7) is 0. The number of hydrogen-bond donors (Lipinski definition) is 1. The van der Waals surface area contributed by atoms with Crippen LogP contribution in [0.15, 0.2) is 52.3 Å². The molecule has 1 aromatic heterocycles. The van der Waals surface area contributed by atoms with Gasteiger partial charge in [-0.25, -0.2) is 9.82 Å². The fourth-order valence-electron chi connectivity index (χ4n) is 1.34. The van der Waals surface area contributed by atoms with Crippen LogP contribution in [0.5, 0.6) is 0 Å². The van der Waals surface area contributed by atoms with E-state index in [-0.39, 0.29) is 0 Å². The fraction of sp³-hybridized carbons (Fsp3) is 0. The number of amides is 1. The van der Waals surface area contributed by atoms with Gasteiger partial charge in [0.05, 0.1) is 11.8 Å². The van der Waals surface area contributed by atoms with Gasteiger partial charge in [0, 0.05) is 22.4 Å². The van der Waals surface area contributed by atoms with Crippen molar-refractivity contribution in [1.29, 1.82) is 0 Å². The first kappa shape index (κ1) is 13.4. The van der Waals surface area contributed by atoms with Gasteiger partial charge in [0.2, 0.25) is 0 Å². The number of hydrazone groups is 1. The van der Waals surface area contributed by atoms with E-state index in [0.717, 1.165) is 0 Å². The minimum absolute atomic E-state index is 0.301. The molecule has 0 radical (unpaired) electrons. The van der Waals surface area contributed by atoms with E-state index in [0.29, 0.717) is 15.6 Å². The highest BCUT2D eigenvalue weighted by molar-refractivity contribution is 9.10. The average molecular weight is 322 g/mol. The standard InChI is InChI=1S/C13H9BrFN3O/c14-11-5-10(6-16-8-11)13(19)18-17-7-9-3-1-2-4-12(9)15/h1-8H,(H,18,19). The Labute approximate surface area is 117 Å². The highest BCUT2D eigenvalue weighted by Gasteiger charge is 2.04. The van der Waals surface area contributed by atoms with Crippen molar-refractivity contribution in [2.75, 3.05) is 0 Å². The van der Waals surface area contributed by atoms with Crippen molar-refractivity contribution < 1.29 is 9.18 Å². The monoisotopic (exact) mass is 321 g/mol. The lowest BCUT2D eigenvalue weighted by atomic mass is 10.2. The number of hydrogen-bond acceptors (Lipinski definition) is 3. The number of nitrogens with zero attached hydrogens (tertiary/aromatic N) is 2. The summed E-state index contributed by atoms with van der Waals surface area (Å²) in [7, 11) is 0. The third-order valence-corrected chi connectivity index (χ3v) is 2.68. The minimum Gasteiger partial charge on any atom is -0.267 e. The van der Waals surface area contributed by atoms with E-state index in [2.05, 4.69) is 31.4 Å². The molecule has 0 spiro atoms. The molecule has 1 amide bonds. The van der Waals surface area contributed by atoms with Crippen LogP contribution in [0.1, 0.15) is 15.9 Å². The third-order valence-electron chi connectivity index (χ3n) is 2.24. The number of rotatable bonds is 3. The SMILES string of the molecule is O=C(NN=Cc1ccccc1F)c1cncc(Br)c1. The van der Waals surface area contributed by atoms with Gasteiger partial charge in [-0.2, -0.15) is 5.10 Å². The van der Waals surface area contributed by atoms with Crippen LogP contribution in [-0.2, 0) is 0 Å². The van der Waals surface area contributed by atoms with Crippen molar-refractivity contribution in [3.63, 3.8) is 0 Å². The molecule has 96 valence electrons. The lowest BCUT2D eigenvalue weighted by Crippen LogP contribution is -2.17. The van der Waals surface area contributed by atoms with E-state index in [1.807, 2.05) is 0 Å². The molecule has 0 saturated heterocycles. The molecule has 2 rings (SSSR count). The molecule has 1 heterocycles. The van der Waals surface area contributed by atoms with Crippen LogP contribution in [-0.4, -0.2) is 17.1 Å². The topological polar surface area (TPSA) is 54.4 Å². The molecule has 19 heavy (non-hydrogen) atoms. The van der Waals surface area contributed by atoms with Gasteiger partial charge in [-0.05, 0) is 28.1 Å². The van der Waals surface area contributed by atoms with Crippen LogP contribution in [0.4, 0.5) is 4.39 Å². The molecule has 0 bridgehead atoms. The summed E-state index contributed by atoms with van der Waals surface area (Å²) in [5.74, 6) is -0.814. The number of nitrogens with one attached hydrogen (secondary N) is 1. The number of halogens is 2. The third kappa shape index (κ3) is 3.69. The second kappa shape index (κ2) is 6.19. The first-order valence-electron chi connectivity index (χ1n) is 5.35. The number of benzene rings is 1. The Kier molecular flexibility index (Phi) is 4.35. The highest BCUT2D eigenvalue weighted by atomic mass is 79.9. The lowest BCUT2D eigenvalue weighted by Gasteiger charge is -2.00. The Morgan fingerprint density at radius 3 is 2.89 bits per heavy atom. The Morgan fingerprint density at radius 1 is 1.37 bits per heavy atom. The summed E-state index contributed by atoms with van der Waals surface area (Å²) in [6, 6.07) is 7.76. The van der Waals surface area contributed by atoms with Gasteiger partial charge in [-0.15, -0.1) is 0 Å². The molecular formula is C13H9BrFN3O. The quantitative estimate of drug-likeness (QED) is 0.698. The molecule has 2 aromatic rings. The zero-order valence-corrected chi connectivity index (χ0v) is 11.3. The van der Waals surface area contributed by atoms with E-state index < -0.39 is 11.7 Å². The van der Waals surface area contributed by atoms with Crippen molar-refractivity contribution in [2.45, 2.75) is 0 Å². The second-order valence-corrected chi connectivity index (χ2v) is 4.53. The van der Waals surface area contributed by atoms with E-state index in [4.69, 9.17) is 0 Å². The van der Waals surface area contributed by atoms with Gasteiger partial charge in [-0.3, -0.25) is 9.78 Å². The maximum Gasteiger partial charge on any atom is 0.272 e. The van der Waals surface area contributed by atoms with Crippen LogP contribution < -0.4 is 5.43 Å². The summed E-state index contributed by atoms with van der Waals surface area (Å²) in [6.07, 6.45) is 4.23. The smallest absolute Gasteiger partial charge is 0.267 e. The van der Waals surface area contributed by atoms with Gasteiger partial charge >= 0.3 is 0 Å². The Hall–Kier alpha value is -2.08. The molecule has 0 saturated carbocycles. The normalized spacial score (nSPS) is 10.6. The molecule has 1 aromatic carbocycles. The summed E-state index contributed by atoms with van der Waals surface area (Å²) in [5, 5.41) is 3.70. The number of carbonyl (C=O) groups is 1. The molecule has 0 fully saturated rings. The van der Waals surface area contributed by atoms with Crippen LogP contribution in [0.3, 0.4) is 0 Å². The Balaban J connectivity index is 2.03. The summed E-state index contributed by atoms with van der Waals surface area (Å²) in [4.78, 5) is 15.6. The van der Waals surface area contributed by atoms with Crippen molar-refractivity contribution >= 4 is 28.1 Å². The molecule has 1 N–H and O–H groups in total. The predicted octanol–water partition coefficient (Wildman–Crippen LogP) is 2.75. The molecule has 4 nitrogen and oxygen atoms in total. The molecule has 0 atom stereocenters.